The molecular formula is C21H14BrN3O3S. The van der Waals surface area contributed by atoms with Gasteiger partial charge in [-0.15, -0.1) is 0 Å². The van der Waals surface area contributed by atoms with Crippen LogP contribution in [-0.4, -0.2) is 15.8 Å². The highest BCUT2D eigenvalue weighted by Crippen LogP contribution is 2.32. The van der Waals surface area contributed by atoms with Crippen LogP contribution in [0.25, 0.3) is 10.2 Å². The SMILES string of the molecule is O=C(c1ccc([N+](=O)[O-])cc1)N(Cc1ccccc1)c1nc2ccc(Br)cc2s1. The van der Waals surface area contributed by atoms with E-state index < -0.39 is 4.92 Å². The van der Waals surface area contributed by atoms with Gasteiger partial charge in [-0.05, 0) is 35.9 Å². The first-order valence-electron chi connectivity index (χ1n) is 8.67. The third-order valence-corrected chi connectivity index (χ3v) is 5.86. The van der Waals surface area contributed by atoms with E-state index in [1.165, 1.54) is 35.6 Å². The Morgan fingerprint density at radius 2 is 1.79 bits per heavy atom. The molecule has 3 aromatic carbocycles. The van der Waals surface area contributed by atoms with Gasteiger partial charge in [-0.1, -0.05) is 57.6 Å². The number of fused-ring (bicyclic) bond motifs is 1. The highest BCUT2D eigenvalue weighted by molar-refractivity contribution is 9.10. The molecule has 0 spiro atoms. The fraction of sp³-hybridized carbons (Fsp3) is 0.0476. The highest BCUT2D eigenvalue weighted by atomic mass is 79.9. The van der Waals surface area contributed by atoms with Crippen molar-refractivity contribution in [3.8, 4) is 0 Å². The van der Waals surface area contributed by atoms with Gasteiger partial charge in [0.1, 0.15) is 0 Å². The van der Waals surface area contributed by atoms with Crippen LogP contribution in [0.4, 0.5) is 10.8 Å². The van der Waals surface area contributed by atoms with Gasteiger partial charge in [0.25, 0.3) is 11.6 Å². The molecule has 0 bridgehead atoms. The van der Waals surface area contributed by atoms with Crippen LogP contribution in [0.15, 0.2) is 77.3 Å². The number of carbonyl (C=O) groups excluding carboxylic acids is 1. The molecule has 29 heavy (non-hydrogen) atoms. The van der Waals surface area contributed by atoms with Crippen LogP contribution >= 0.6 is 27.3 Å². The summed E-state index contributed by atoms with van der Waals surface area (Å²) in [7, 11) is 0. The molecule has 6 nitrogen and oxygen atoms in total. The fourth-order valence-electron chi connectivity index (χ4n) is 2.88. The molecule has 4 rings (SSSR count). The summed E-state index contributed by atoms with van der Waals surface area (Å²) in [6.45, 7) is 0.345. The maximum Gasteiger partial charge on any atom is 0.269 e. The van der Waals surface area contributed by atoms with Crippen LogP contribution in [0.5, 0.6) is 0 Å². The number of aromatic nitrogens is 1. The monoisotopic (exact) mass is 467 g/mol. The number of carbonyl (C=O) groups is 1. The predicted octanol–water partition coefficient (Wildman–Crippen LogP) is 5.81. The average molecular weight is 468 g/mol. The number of hydrogen-bond donors (Lipinski definition) is 0. The number of nitro groups is 1. The van der Waals surface area contributed by atoms with E-state index in [-0.39, 0.29) is 11.6 Å². The van der Waals surface area contributed by atoms with E-state index in [0.29, 0.717) is 17.2 Å². The molecular weight excluding hydrogens is 454 g/mol. The van der Waals surface area contributed by atoms with Crippen molar-refractivity contribution >= 4 is 54.2 Å². The van der Waals surface area contributed by atoms with Crippen molar-refractivity contribution in [3.63, 3.8) is 0 Å². The summed E-state index contributed by atoms with van der Waals surface area (Å²) in [5.74, 6) is -0.262. The largest absolute Gasteiger partial charge is 0.279 e. The Hall–Kier alpha value is -3.10. The normalized spacial score (nSPS) is 10.8. The Morgan fingerprint density at radius 1 is 1.07 bits per heavy atom. The van der Waals surface area contributed by atoms with Crippen LogP contribution < -0.4 is 4.90 Å². The van der Waals surface area contributed by atoms with E-state index in [9.17, 15) is 14.9 Å². The summed E-state index contributed by atoms with van der Waals surface area (Å²) in [4.78, 5) is 30.0. The Morgan fingerprint density at radius 3 is 2.48 bits per heavy atom. The smallest absolute Gasteiger partial charge is 0.269 e. The second-order valence-electron chi connectivity index (χ2n) is 6.29. The van der Waals surface area contributed by atoms with Crippen molar-refractivity contribution in [3.05, 3.63) is 98.5 Å². The zero-order chi connectivity index (χ0) is 20.4. The number of anilines is 1. The van der Waals surface area contributed by atoms with Crippen molar-refractivity contribution in [1.29, 1.82) is 0 Å². The third-order valence-electron chi connectivity index (χ3n) is 4.32. The zero-order valence-corrected chi connectivity index (χ0v) is 17.4. The molecule has 8 heteroatoms. The number of rotatable bonds is 5. The molecule has 0 radical (unpaired) electrons. The van der Waals surface area contributed by atoms with Gasteiger partial charge in [-0.2, -0.15) is 0 Å². The average Bonchev–Trinajstić information content (AvgIpc) is 3.15. The van der Waals surface area contributed by atoms with Crippen LogP contribution in [0, 0.1) is 10.1 Å². The lowest BCUT2D eigenvalue weighted by Gasteiger charge is -2.20. The van der Waals surface area contributed by atoms with Gasteiger partial charge in [0.05, 0.1) is 21.7 Å². The molecule has 0 N–H and O–H groups in total. The number of non-ortho nitro benzene ring substituents is 1. The minimum Gasteiger partial charge on any atom is -0.279 e. The summed E-state index contributed by atoms with van der Waals surface area (Å²) in [5, 5.41) is 11.5. The van der Waals surface area contributed by atoms with Gasteiger partial charge in [0, 0.05) is 22.2 Å². The number of hydrogen-bond acceptors (Lipinski definition) is 5. The Labute approximate surface area is 178 Å². The quantitative estimate of drug-likeness (QED) is 0.274. The molecule has 0 saturated carbocycles. The molecule has 0 aliphatic rings. The first-order valence-corrected chi connectivity index (χ1v) is 10.3. The lowest BCUT2D eigenvalue weighted by Crippen LogP contribution is -2.30. The molecule has 0 atom stereocenters. The second kappa shape index (κ2) is 8.10. The van der Waals surface area contributed by atoms with Gasteiger partial charge in [-0.3, -0.25) is 19.8 Å². The molecule has 0 aliphatic heterocycles. The van der Waals surface area contributed by atoms with E-state index in [4.69, 9.17) is 0 Å². The highest BCUT2D eigenvalue weighted by Gasteiger charge is 2.22. The standard InChI is InChI=1S/C21H14BrN3O3S/c22-16-8-11-18-19(12-16)29-21(23-18)24(13-14-4-2-1-3-5-14)20(26)15-6-9-17(10-7-15)25(27)28/h1-12H,13H2. The Balaban J connectivity index is 1.74. The minimum absolute atomic E-state index is 0.0546. The van der Waals surface area contributed by atoms with E-state index in [0.717, 1.165) is 20.3 Å². The van der Waals surface area contributed by atoms with Crippen molar-refractivity contribution in [2.75, 3.05) is 4.90 Å². The Bertz CT molecular complexity index is 1190. The van der Waals surface area contributed by atoms with E-state index in [1.54, 1.807) is 4.90 Å². The third kappa shape index (κ3) is 4.18. The van der Waals surface area contributed by atoms with Crippen LogP contribution in [0.1, 0.15) is 15.9 Å². The molecule has 0 aliphatic carbocycles. The van der Waals surface area contributed by atoms with Crippen LogP contribution in [-0.2, 0) is 6.54 Å². The summed E-state index contributed by atoms with van der Waals surface area (Å²) >= 11 is 4.89. The second-order valence-corrected chi connectivity index (χ2v) is 8.21. The van der Waals surface area contributed by atoms with Crippen molar-refractivity contribution in [1.82, 2.24) is 4.98 Å². The maximum absolute atomic E-state index is 13.3. The summed E-state index contributed by atoms with van der Waals surface area (Å²) in [6, 6.07) is 21.0. The van der Waals surface area contributed by atoms with Gasteiger partial charge in [0.15, 0.2) is 5.13 Å². The van der Waals surface area contributed by atoms with E-state index in [2.05, 4.69) is 20.9 Å². The van der Waals surface area contributed by atoms with Gasteiger partial charge in [0.2, 0.25) is 0 Å². The molecule has 0 saturated heterocycles. The lowest BCUT2D eigenvalue weighted by atomic mass is 10.1. The van der Waals surface area contributed by atoms with Crippen molar-refractivity contribution in [2.24, 2.45) is 0 Å². The number of amides is 1. The molecule has 1 amide bonds. The number of nitrogens with zero attached hydrogens (tertiary/aromatic N) is 3. The molecule has 4 aromatic rings. The molecule has 1 heterocycles. The molecule has 0 fully saturated rings. The first-order chi connectivity index (χ1) is 14.0. The lowest BCUT2D eigenvalue weighted by molar-refractivity contribution is -0.384. The van der Waals surface area contributed by atoms with Gasteiger partial charge in [-0.25, -0.2) is 4.98 Å². The number of thiazole rings is 1. The molecule has 0 unspecified atom stereocenters. The number of benzene rings is 3. The van der Waals surface area contributed by atoms with Gasteiger partial charge >= 0.3 is 0 Å². The van der Waals surface area contributed by atoms with Crippen LogP contribution in [0.2, 0.25) is 0 Å². The van der Waals surface area contributed by atoms with E-state index in [1.807, 2.05) is 48.5 Å². The minimum atomic E-state index is -0.485. The maximum atomic E-state index is 13.3. The summed E-state index contributed by atoms with van der Waals surface area (Å²) in [6.07, 6.45) is 0. The predicted molar refractivity (Wildman–Crippen MR) is 117 cm³/mol. The van der Waals surface area contributed by atoms with E-state index >= 15 is 0 Å². The topological polar surface area (TPSA) is 76.3 Å². The zero-order valence-electron chi connectivity index (χ0n) is 15.0. The first kappa shape index (κ1) is 19.2. The molecule has 1 aromatic heterocycles. The number of halogens is 1. The summed E-state index contributed by atoms with van der Waals surface area (Å²) < 4.78 is 1.90. The fourth-order valence-corrected chi connectivity index (χ4v) is 4.39. The number of nitro benzene ring substituents is 1. The molecule has 144 valence electrons. The summed E-state index contributed by atoms with van der Waals surface area (Å²) in [5.41, 5.74) is 2.08. The van der Waals surface area contributed by atoms with Crippen molar-refractivity contribution in [2.45, 2.75) is 6.54 Å². The van der Waals surface area contributed by atoms with Gasteiger partial charge < -0.3 is 0 Å². The van der Waals surface area contributed by atoms with Crippen molar-refractivity contribution < 1.29 is 9.72 Å². The Kier molecular flexibility index (Phi) is 5.37. The van der Waals surface area contributed by atoms with Crippen LogP contribution in [0.3, 0.4) is 0 Å².